The molecule has 0 aliphatic carbocycles. The second-order valence-electron chi connectivity index (χ2n) is 6.62. The van der Waals surface area contributed by atoms with Gasteiger partial charge in [0.25, 0.3) is 5.91 Å². The van der Waals surface area contributed by atoms with E-state index >= 15 is 0 Å². The van der Waals surface area contributed by atoms with E-state index in [-0.39, 0.29) is 5.91 Å². The Hall–Kier alpha value is -2.36. The van der Waals surface area contributed by atoms with Crippen molar-refractivity contribution >= 4 is 11.6 Å². The van der Waals surface area contributed by atoms with Crippen LogP contribution < -0.4 is 10.2 Å². The van der Waals surface area contributed by atoms with Gasteiger partial charge in [0.15, 0.2) is 0 Å². The average Bonchev–Trinajstić information content (AvgIpc) is 2.63. The number of amides is 1. The molecule has 1 aromatic carbocycles. The van der Waals surface area contributed by atoms with Crippen molar-refractivity contribution in [2.75, 3.05) is 24.5 Å². The molecular weight excluding hydrogens is 298 g/mol. The lowest BCUT2D eigenvalue weighted by Crippen LogP contribution is -2.34. The third-order valence-electron chi connectivity index (χ3n) is 4.55. The number of nitrogens with one attached hydrogen (secondary N) is 1. The van der Waals surface area contributed by atoms with Crippen molar-refractivity contribution in [1.82, 2.24) is 10.3 Å². The number of benzene rings is 1. The number of carbonyl (C=O) groups excluding carboxylic acids is 1. The summed E-state index contributed by atoms with van der Waals surface area (Å²) in [6.45, 7) is 5.00. The highest BCUT2D eigenvalue weighted by Gasteiger charge is 2.18. The highest BCUT2D eigenvalue weighted by molar-refractivity contribution is 5.94. The molecule has 126 valence electrons. The summed E-state index contributed by atoms with van der Waals surface area (Å²) in [7, 11) is 0. The van der Waals surface area contributed by atoms with Gasteiger partial charge in [0.1, 0.15) is 0 Å². The van der Waals surface area contributed by atoms with Crippen LogP contribution in [0.1, 0.15) is 35.7 Å². The van der Waals surface area contributed by atoms with Gasteiger partial charge in [0.2, 0.25) is 0 Å². The largest absolute Gasteiger partial charge is 0.370 e. The zero-order chi connectivity index (χ0) is 16.8. The Morgan fingerprint density at radius 1 is 1.29 bits per heavy atom. The Morgan fingerprint density at radius 3 is 2.92 bits per heavy atom. The minimum atomic E-state index is -0.0506. The minimum Gasteiger partial charge on any atom is -0.370 e. The van der Waals surface area contributed by atoms with E-state index in [2.05, 4.69) is 34.3 Å². The molecule has 1 atom stereocenters. The average molecular weight is 323 g/mol. The van der Waals surface area contributed by atoms with Crippen molar-refractivity contribution in [3.63, 3.8) is 0 Å². The predicted molar refractivity (Wildman–Crippen MR) is 97.3 cm³/mol. The summed E-state index contributed by atoms with van der Waals surface area (Å²) in [5.41, 5.74) is 2.92. The Balaban J connectivity index is 1.57. The molecule has 1 aromatic heterocycles. The molecule has 2 aromatic rings. The van der Waals surface area contributed by atoms with Gasteiger partial charge in [0.05, 0.1) is 17.4 Å². The van der Waals surface area contributed by atoms with Gasteiger partial charge in [-0.25, -0.2) is 0 Å². The first-order chi connectivity index (χ1) is 11.7. The smallest absolute Gasteiger partial charge is 0.252 e. The van der Waals surface area contributed by atoms with Crippen molar-refractivity contribution < 1.29 is 4.79 Å². The minimum absolute atomic E-state index is 0.0506. The van der Waals surface area contributed by atoms with Gasteiger partial charge in [-0.05, 0) is 36.8 Å². The summed E-state index contributed by atoms with van der Waals surface area (Å²) in [5, 5.41) is 2.99. The van der Waals surface area contributed by atoms with E-state index < -0.39 is 0 Å². The van der Waals surface area contributed by atoms with Gasteiger partial charge in [0, 0.05) is 25.8 Å². The van der Waals surface area contributed by atoms with Crippen LogP contribution in [0.4, 0.5) is 5.69 Å². The van der Waals surface area contributed by atoms with Crippen molar-refractivity contribution in [3.05, 3.63) is 59.9 Å². The molecule has 0 spiro atoms. The molecule has 4 nitrogen and oxygen atoms in total. The zero-order valence-electron chi connectivity index (χ0n) is 14.2. The lowest BCUT2D eigenvalue weighted by Gasteiger charge is -2.32. The van der Waals surface area contributed by atoms with Crippen LogP contribution in [0.5, 0.6) is 0 Å². The van der Waals surface area contributed by atoms with Gasteiger partial charge in [-0.3, -0.25) is 9.78 Å². The molecule has 0 radical (unpaired) electrons. The fourth-order valence-corrected chi connectivity index (χ4v) is 3.22. The number of hydrogen-bond acceptors (Lipinski definition) is 3. The van der Waals surface area contributed by atoms with E-state index in [1.54, 1.807) is 6.20 Å². The van der Waals surface area contributed by atoms with Crippen LogP contribution in [0.25, 0.3) is 0 Å². The summed E-state index contributed by atoms with van der Waals surface area (Å²) >= 11 is 0. The molecule has 24 heavy (non-hydrogen) atoms. The molecule has 0 bridgehead atoms. The van der Waals surface area contributed by atoms with Gasteiger partial charge in [-0.2, -0.15) is 0 Å². The Labute approximate surface area is 143 Å². The molecule has 1 saturated heterocycles. The Bertz CT molecular complexity index is 672. The van der Waals surface area contributed by atoms with E-state index in [0.29, 0.717) is 18.0 Å². The highest BCUT2D eigenvalue weighted by Crippen LogP contribution is 2.22. The third-order valence-corrected chi connectivity index (χ3v) is 4.55. The van der Waals surface area contributed by atoms with Crippen molar-refractivity contribution in [2.24, 2.45) is 5.92 Å². The molecule has 1 aliphatic rings. The molecule has 1 fully saturated rings. The van der Waals surface area contributed by atoms with E-state index in [1.807, 2.05) is 30.5 Å². The number of carbonyl (C=O) groups is 1. The second kappa shape index (κ2) is 7.95. The Morgan fingerprint density at radius 2 is 2.12 bits per heavy atom. The van der Waals surface area contributed by atoms with Gasteiger partial charge in [-0.1, -0.05) is 37.3 Å². The maximum atomic E-state index is 12.4. The lowest BCUT2D eigenvalue weighted by molar-refractivity contribution is 0.0954. The maximum absolute atomic E-state index is 12.4. The van der Waals surface area contributed by atoms with Gasteiger partial charge in [-0.15, -0.1) is 0 Å². The van der Waals surface area contributed by atoms with Crippen LogP contribution in [0.15, 0.2) is 48.8 Å². The van der Waals surface area contributed by atoms with Crippen LogP contribution >= 0.6 is 0 Å². The van der Waals surface area contributed by atoms with E-state index in [4.69, 9.17) is 0 Å². The molecule has 1 N–H and O–H groups in total. The van der Waals surface area contributed by atoms with E-state index in [9.17, 15) is 4.79 Å². The van der Waals surface area contributed by atoms with Crippen LogP contribution in [0, 0.1) is 5.92 Å². The number of pyridine rings is 1. The van der Waals surface area contributed by atoms with E-state index in [1.165, 1.54) is 18.4 Å². The van der Waals surface area contributed by atoms with Gasteiger partial charge < -0.3 is 10.2 Å². The normalized spacial score (nSPS) is 17.5. The topological polar surface area (TPSA) is 45.2 Å². The summed E-state index contributed by atoms with van der Waals surface area (Å²) in [6.07, 6.45) is 6.83. The summed E-state index contributed by atoms with van der Waals surface area (Å²) in [6, 6.07) is 12.1. The van der Waals surface area contributed by atoms with Crippen LogP contribution in [-0.2, 0) is 6.42 Å². The Kier molecular flexibility index (Phi) is 5.47. The number of rotatable bonds is 5. The number of anilines is 1. The summed E-state index contributed by atoms with van der Waals surface area (Å²) in [4.78, 5) is 19.0. The first-order valence-corrected chi connectivity index (χ1v) is 8.74. The van der Waals surface area contributed by atoms with Crippen LogP contribution in [0.3, 0.4) is 0 Å². The molecule has 1 aliphatic heterocycles. The molecule has 1 unspecified atom stereocenters. The lowest BCUT2D eigenvalue weighted by atomic mass is 10.00. The molecule has 1 amide bonds. The first kappa shape index (κ1) is 16.5. The quantitative estimate of drug-likeness (QED) is 0.918. The number of nitrogens with zero attached hydrogens (tertiary/aromatic N) is 2. The summed E-state index contributed by atoms with van der Waals surface area (Å²) < 4.78 is 0. The number of hydrogen-bond donors (Lipinski definition) is 1. The van der Waals surface area contributed by atoms with Gasteiger partial charge >= 0.3 is 0 Å². The fourth-order valence-electron chi connectivity index (χ4n) is 3.22. The molecule has 4 heteroatoms. The summed E-state index contributed by atoms with van der Waals surface area (Å²) in [5.74, 6) is 0.646. The molecule has 0 saturated carbocycles. The highest BCUT2D eigenvalue weighted by atomic mass is 16.1. The van der Waals surface area contributed by atoms with Crippen LogP contribution in [0.2, 0.25) is 0 Å². The first-order valence-electron chi connectivity index (χ1n) is 8.74. The zero-order valence-corrected chi connectivity index (χ0v) is 14.2. The predicted octanol–water partition coefficient (Wildman–Crippen LogP) is 3.29. The monoisotopic (exact) mass is 323 g/mol. The van der Waals surface area contributed by atoms with Crippen molar-refractivity contribution in [3.8, 4) is 0 Å². The molecule has 2 heterocycles. The maximum Gasteiger partial charge on any atom is 0.252 e. The van der Waals surface area contributed by atoms with Crippen molar-refractivity contribution in [2.45, 2.75) is 26.2 Å². The SMILES string of the molecule is CC1CCCN(c2cncc(C(=O)NCCc3ccccc3)c2)C1. The number of piperidine rings is 1. The second-order valence-corrected chi connectivity index (χ2v) is 6.62. The molecule has 3 rings (SSSR count). The van der Waals surface area contributed by atoms with Crippen LogP contribution in [-0.4, -0.2) is 30.5 Å². The molecular formula is C20H25N3O. The van der Waals surface area contributed by atoms with E-state index in [0.717, 1.165) is 25.2 Å². The third kappa shape index (κ3) is 4.34. The standard InChI is InChI=1S/C20H25N3O/c1-16-6-5-11-23(15-16)19-12-18(13-21-14-19)20(24)22-10-9-17-7-3-2-4-8-17/h2-4,7-8,12-14,16H,5-6,9-11,15H2,1H3,(H,22,24). The number of aromatic nitrogens is 1. The fraction of sp³-hybridized carbons (Fsp3) is 0.400. The van der Waals surface area contributed by atoms with Crippen molar-refractivity contribution in [1.29, 1.82) is 0 Å².